The number of rotatable bonds is 11. The Morgan fingerprint density at radius 3 is 2.19 bits per heavy atom. The molecule has 3 saturated heterocycles. The van der Waals surface area contributed by atoms with E-state index in [-0.39, 0.29) is 31.4 Å². The van der Waals surface area contributed by atoms with Gasteiger partial charge in [0, 0.05) is 38.1 Å². The SMILES string of the molecule is NC[C@H]1O[C@H](OC2[C@@H](N)C[C@@H](NC(=O)C3(O)CC3N=C(N)N)[C@H](O[C@H]3O[C@H](CO)[C@@H](O)[C@H](N)[C@H]3O)[C@H]2O)[C@H](NC2CNC2)[C@@H](O)[C@@H]1O. The lowest BCUT2D eigenvalue weighted by Gasteiger charge is -2.50. The molecule has 5 aliphatic rings. The van der Waals surface area contributed by atoms with Crippen LogP contribution in [0, 0.1) is 0 Å². The van der Waals surface area contributed by atoms with Crippen molar-refractivity contribution in [2.24, 2.45) is 33.7 Å². The van der Waals surface area contributed by atoms with Crippen LogP contribution in [-0.4, -0.2) is 183 Å². The first-order valence-corrected chi connectivity index (χ1v) is 15.6. The van der Waals surface area contributed by atoms with Crippen LogP contribution in [0.25, 0.3) is 0 Å². The van der Waals surface area contributed by atoms with Gasteiger partial charge in [-0.05, 0) is 6.42 Å². The Balaban J connectivity index is 1.39. The summed E-state index contributed by atoms with van der Waals surface area (Å²) in [5.41, 5.74) is 27.1. The summed E-state index contributed by atoms with van der Waals surface area (Å²) in [5, 5.41) is 83.8. The molecule has 0 aromatic heterocycles. The monoisotopic (exact) mass is 679 g/mol. The van der Waals surface area contributed by atoms with Gasteiger partial charge in [0.25, 0.3) is 5.91 Å². The number of nitrogens with one attached hydrogen (secondary N) is 3. The Bertz CT molecular complexity index is 1120. The van der Waals surface area contributed by atoms with Gasteiger partial charge in [0.05, 0.1) is 30.8 Å². The maximum absolute atomic E-state index is 13.2. The van der Waals surface area contributed by atoms with Crippen LogP contribution in [0.1, 0.15) is 12.8 Å². The smallest absolute Gasteiger partial charge is 0.254 e. The second kappa shape index (κ2) is 14.5. The first-order valence-electron chi connectivity index (χ1n) is 15.6. The summed E-state index contributed by atoms with van der Waals surface area (Å²) >= 11 is 0. The van der Waals surface area contributed by atoms with Crippen molar-refractivity contribution in [3.05, 3.63) is 0 Å². The van der Waals surface area contributed by atoms with E-state index in [1.165, 1.54) is 0 Å². The van der Waals surface area contributed by atoms with Crippen molar-refractivity contribution in [1.82, 2.24) is 16.0 Å². The van der Waals surface area contributed by atoms with Gasteiger partial charge in [0.15, 0.2) is 24.1 Å². The summed E-state index contributed by atoms with van der Waals surface area (Å²) < 4.78 is 23.7. The van der Waals surface area contributed by atoms with Crippen LogP contribution in [0.3, 0.4) is 0 Å². The van der Waals surface area contributed by atoms with Gasteiger partial charge in [-0.15, -0.1) is 0 Å². The molecular weight excluding hydrogens is 630 g/mol. The highest BCUT2D eigenvalue weighted by molar-refractivity contribution is 5.90. The molecule has 2 aliphatic carbocycles. The molecule has 3 aliphatic heterocycles. The van der Waals surface area contributed by atoms with Crippen LogP contribution in [0.4, 0.5) is 0 Å². The van der Waals surface area contributed by atoms with Crippen molar-refractivity contribution < 1.29 is 59.5 Å². The van der Waals surface area contributed by atoms with Crippen molar-refractivity contribution in [2.45, 2.75) is 122 Å². The first kappa shape index (κ1) is 36.4. The number of amides is 1. The first-order chi connectivity index (χ1) is 22.2. The minimum atomic E-state index is -1.95. The third-order valence-electron chi connectivity index (χ3n) is 9.59. The molecular formula is C26H49N9O12. The predicted octanol–water partition coefficient (Wildman–Crippen LogP) is -9.79. The number of hydrogen-bond donors (Lipinski definition) is 15. The Morgan fingerprint density at radius 2 is 1.60 bits per heavy atom. The summed E-state index contributed by atoms with van der Waals surface area (Å²) in [6.07, 6.45) is -15.6. The molecule has 5 rings (SSSR count). The molecule has 3 unspecified atom stereocenters. The van der Waals surface area contributed by atoms with E-state index >= 15 is 0 Å². The number of aliphatic imine (C=N–C) groups is 1. The molecule has 0 aromatic carbocycles. The van der Waals surface area contributed by atoms with E-state index in [0.717, 1.165) is 0 Å². The minimum Gasteiger partial charge on any atom is -0.394 e. The van der Waals surface area contributed by atoms with E-state index < -0.39 is 116 Å². The number of aliphatic hydroxyl groups is 7. The van der Waals surface area contributed by atoms with Gasteiger partial charge >= 0.3 is 0 Å². The maximum atomic E-state index is 13.2. The van der Waals surface area contributed by atoms with Gasteiger partial charge in [0.1, 0.15) is 54.9 Å². The lowest BCUT2D eigenvalue weighted by molar-refractivity contribution is -0.321. The summed E-state index contributed by atoms with van der Waals surface area (Å²) in [5.74, 6) is -1.21. The van der Waals surface area contributed by atoms with Crippen LogP contribution >= 0.6 is 0 Å². The van der Waals surface area contributed by atoms with E-state index in [1.807, 2.05) is 0 Å². The average Bonchev–Trinajstić information content (AvgIpc) is 3.66. The zero-order valence-corrected chi connectivity index (χ0v) is 25.6. The molecule has 5 fully saturated rings. The normalized spacial score (nSPS) is 48.7. The van der Waals surface area contributed by atoms with E-state index in [0.29, 0.717) is 13.1 Å². The van der Waals surface area contributed by atoms with Gasteiger partial charge in [-0.3, -0.25) is 4.79 Å². The van der Waals surface area contributed by atoms with E-state index in [1.54, 1.807) is 0 Å². The highest BCUT2D eigenvalue weighted by atomic mass is 16.7. The Morgan fingerprint density at radius 1 is 0.936 bits per heavy atom. The quantitative estimate of drug-likeness (QED) is 0.0711. The molecule has 1 amide bonds. The van der Waals surface area contributed by atoms with Gasteiger partial charge in [-0.1, -0.05) is 0 Å². The van der Waals surface area contributed by atoms with Gasteiger partial charge in [0.2, 0.25) is 0 Å². The summed E-state index contributed by atoms with van der Waals surface area (Å²) in [6, 6.07) is -5.42. The molecule has 0 spiro atoms. The van der Waals surface area contributed by atoms with Gasteiger partial charge in [-0.2, -0.15) is 0 Å². The fourth-order valence-electron chi connectivity index (χ4n) is 6.48. The zero-order valence-electron chi connectivity index (χ0n) is 25.6. The highest BCUT2D eigenvalue weighted by Crippen LogP contribution is 2.40. The van der Waals surface area contributed by atoms with Crippen LogP contribution < -0.4 is 44.6 Å². The molecule has 20 N–H and O–H groups in total. The third kappa shape index (κ3) is 7.35. The molecule has 21 heteroatoms. The number of guanidine groups is 1. The number of carbonyl (C=O) groups excluding carboxylic acids is 1. The highest BCUT2D eigenvalue weighted by Gasteiger charge is 2.61. The molecule has 2 saturated carbocycles. The van der Waals surface area contributed by atoms with Gasteiger partial charge < -0.3 is 99.3 Å². The summed E-state index contributed by atoms with van der Waals surface area (Å²) in [4.78, 5) is 17.1. The zero-order chi connectivity index (χ0) is 34.4. The fraction of sp³-hybridized carbons (Fsp3) is 0.923. The average molecular weight is 680 g/mol. The van der Waals surface area contributed by atoms with E-state index in [4.69, 9.17) is 47.6 Å². The molecule has 17 atom stereocenters. The molecule has 3 heterocycles. The van der Waals surface area contributed by atoms with Crippen molar-refractivity contribution in [3.8, 4) is 0 Å². The molecule has 21 nitrogen and oxygen atoms in total. The number of nitrogens with zero attached hydrogens (tertiary/aromatic N) is 1. The number of aliphatic hydroxyl groups excluding tert-OH is 6. The Hall–Kier alpha value is -1.90. The number of carbonyl (C=O) groups is 1. The Labute approximate surface area is 269 Å². The van der Waals surface area contributed by atoms with Gasteiger partial charge in [-0.25, -0.2) is 4.99 Å². The largest absolute Gasteiger partial charge is 0.394 e. The van der Waals surface area contributed by atoms with Crippen LogP contribution in [0.15, 0.2) is 4.99 Å². The summed E-state index contributed by atoms with van der Waals surface area (Å²) in [6.45, 7) is 0.334. The van der Waals surface area contributed by atoms with E-state index in [2.05, 4.69) is 20.9 Å². The molecule has 0 radical (unpaired) electrons. The van der Waals surface area contributed by atoms with Crippen molar-refractivity contribution in [1.29, 1.82) is 0 Å². The third-order valence-corrected chi connectivity index (χ3v) is 9.59. The Kier molecular flexibility index (Phi) is 11.2. The van der Waals surface area contributed by atoms with E-state index in [9.17, 15) is 40.5 Å². The standard InChI is InChI=1S/C26H49N9O12/c27-3-10-16(38)18(40)14(33-7-4-32-5-7)22(44-10)46-20-8(28)1-9(34-24(42)26(43)2-12(26)35-25(30)31)21(19(20)41)47-23-17(39)13(29)15(37)11(6-36)45-23/h7-23,32-33,36-41,43H,1-6,27-29H2,(H,34,42)(H4,30,31,35)/t8-,9+,10+,11+,12?,13-,14+,15+,16+,17+,18+,19-,20?,21-,22+,23+,26?/m0/s1. The molecule has 270 valence electrons. The topological polar surface area (TPSA) is 374 Å². The van der Waals surface area contributed by atoms with Crippen molar-refractivity contribution >= 4 is 11.9 Å². The summed E-state index contributed by atoms with van der Waals surface area (Å²) in [7, 11) is 0. The molecule has 0 aromatic rings. The van der Waals surface area contributed by atoms with Crippen LogP contribution in [0.2, 0.25) is 0 Å². The molecule has 0 bridgehead atoms. The lowest BCUT2D eigenvalue weighted by atomic mass is 9.83. The number of nitrogens with two attached hydrogens (primary N) is 5. The van der Waals surface area contributed by atoms with Crippen LogP contribution in [-0.2, 0) is 23.7 Å². The second-order valence-corrected chi connectivity index (χ2v) is 13.0. The van der Waals surface area contributed by atoms with Crippen molar-refractivity contribution in [2.75, 3.05) is 26.2 Å². The number of hydrogen-bond acceptors (Lipinski definition) is 18. The number of ether oxygens (including phenoxy) is 4. The van der Waals surface area contributed by atoms with Crippen LogP contribution in [0.5, 0.6) is 0 Å². The fourth-order valence-corrected chi connectivity index (χ4v) is 6.48. The predicted molar refractivity (Wildman–Crippen MR) is 158 cm³/mol. The minimum absolute atomic E-state index is 0.0772. The second-order valence-electron chi connectivity index (χ2n) is 13.0. The molecule has 47 heavy (non-hydrogen) atoms. The lowest BCUT2D eigenvalue weighted by Crippen LogP contribution is -2.72. The maximum Gasteiger partial charge on any atom is 0.254 e. The van der Waals surface area contributed by atoms with Crippen molar-refractivity contribution in [3.63, 3.8) is 0 Å².